The number of rotatable bonds is 7. The molecule has 28 heavy (non-hydrogen) atoms. The third kappa shape index (κ3) is 5.77. The van der Waals surface area contributed by atoms with Crippen LogP contribution in [0.1, 0.15) is 30.5 Å². The number of carbonyl (C=O) groups excluding carboxylic acids is 1. The molecule has 1 atom stereocenters. The Hall–Kier alpha value is -1.47. The molecule has 0 spiro atoms. The van der Waals surface area contributed by atoms with E-state index in [0.29, 0.717) is 6.42 Å². The normalized spacial score (nSPS) is 12.5. The minimum absolute atomic E-state index is 0.0817. The second-order valence-electron chi connectivity index (χ2n) is 6.43. The lowest BCUT2D eigenvalue weighted by Gasteiger charge is -2.25. The molecule has 0 saturated heterocycles. The van der Waals surface area contributed by atoms with E-state index < -0.39 is 22.5 Å². The van der Waals surface area contributed by atoms with Crippen LogP contribution in [-0.4, -0.2) is 27.1 Å². The van der Waals surface area contributed by atoms with Crippen LogP contribution >= 0.6 is 34.8 Å². The fraction of sp³-hybridized carbons (Fsp3) is 0.316. The SMILES string of the molecule is CC[C@@H](NC(=O)CN(c1cc(Cl)c(Cl)cc1Cl)S(C)(=O)=O)c1ccc(C)cc1. The number of hydrogen-bond acceptors (Lipinski definition) is 3. The fourth-order valence-electron chi connectivity index (χ4n) is 2.67. The Bertz CT molecular complexity index is 963. The zero-order chi connectivity index (χ0) is 21.1. The number of halogens is 3. The predicted octanol–water partition coefficient (Wildman–Crippen LogP) is 4.99. The van der Waals surface area contributed by atoms with Gasteiger partial charge in [0.15, 0.2) is 0 Å². The summed E-state index contributed by atoms with van der Waals surface area (Å²) in [6.07, 6.45) is 1.65. The van der Waals surface area contributed by atoms with Crippen LogP contribution in [-0.2, 0) is 14.8 Å². The van der Waals surface area contributed by atoms with E-state index in [0.717, 1.165) is 21.7 Å². The molecule has 0 fully saturated rings. The lowest BCUT2D eigenvalue weighted by molar-refractivity contribution is -0.120. The van der Waals surface area contributed by atoms with Crippen LogP contribution in [0.25, 0.3) is 0 Å². The van der Waals surface area contributed by atoms with Crippen LogP contribution in [0.5, 0.6) is 0 Å². The molecule has 9 heteroatoms. The number of aryl methyl sites for hydroxylation is 1. The van der Waals surface area contributed by atoms with Gasteiger partial charge in [-0.15, -0.1) is 0 Å². The van der Waals surface area contributed by atoms with Gasteiger partial charge in [0, 0.05) is 0 Å². The van der Waals surface area contributed by atoms with Crippen molar-refractivity contribution in [2.75, 3.05) is 17.1 Å². The van der Waals surface area contributed by atoms with Crippen molar-refractivity contribution in [3.63, 3.8) is 0 Å². The summed E-state index contributed by atoms with van der Waals surface area (Å²) in [5.41, 5.74) is 2.15. The Balaban J connectivity index is 2.26. The predicted molar refractivity (Wildman–Crippen MR) is 116 cm³/mol. The maximum atomic E-state index is 12.6. The highest BCUT2D eigenvalue weighted by Gasteiger charge is 2.25. The molecular weight excluding hydrogens is 443 g/mol. The molecule has 0 heterocycles. The van der Waals surface area contributed by atoms with Gasteiger partial charge in [-0.2, -0.15) is 0 Å². The Morgan fingerprint density at radius 3 is 2.18 bits per heavy atom. The molecule has 2 aromatic rings. The number of carbonyl (C=O) groups is 1. The highest BCUT2D eigenvalue weighted by Crippen LogP contribution is 2.35. The zero-order valence-electron chi connectivity index (χ0n) is 15.7. The van der Waals surface area contributed by atoms with Crippen molar-refractivity contribution < 1.29 is 13.2 Å². The minimum atomic E-state index is -3.79. The van der Waals surface area contributed by atoms with Gasteiger partial charge in [-0.25, -0.2) is 8.42 Å². The second-order valence-corrected chi connectivity index (χ2v) is 9.55. The molecule has 2 aromatic carbocycles. The average molecular weight is 464 g/mol. The summed E-state index contributed by atoms with van der Waals surface area (Å²) < 4.78 is 25.5. The maximum absolute atomic E-state index is 12.6. The van der Waals surface area contributed by atoms with Crippen molar-refractivity contribution >= 4 is 56.4 Å². The number of nitrogens with one attached hydrogen (secondary N) is 1. The van der Waals surface area contributed by atoms with E-state index >= 15 is 0 Å². The van der Waals surface area contributed by atoms with Crippen LogP contribution in [0.3, 0.4) is 0 Å². The van der Waals surface area contributed by atoms with Gasteiger partial charge in [0.2, 0.25) is 15.9 Å². The van der Waals surface area contributed by atoms with Gasteiger partial charge in [0.25, 0.3) is 0 Å². The smallest absolute Gasteiger partial charge is 0.241 e. The highest BCUT2D eigenvalue weighted by atomic mass is 35.5. The number of nitrogens with zero attached hydrogens (tertiary/aromatic N) is 1. The lowest BCUT2D eigenvalue weighted by atomic mass is 10.0. The molecule has 0 unspecified atom stereocenters. The minimum Gasteiger partial charge on any atom is -0.348 e. The summed E-state index contributed by atoms with van der Waals surface area (Å²) in [7, 11) is -3.79. The molecule has 0 aliphatic heterocycles. The van der Waals surface area contributed by atoms with Crippen molar-refractivity contribution in [1.82, 2.24) is 5.32 Å². The largest absolute Gasteiger partial charge is 0.348 e. The topological polar surface area (TPSA) is 66.5 Å². The summed E-state index contributed by atoms with van der Waals surface area (Å²) in [6, 6.07) is 10.2. The first-order valence-electron chi connectivity index (χ1n) is 8.51. The van der Waals surface area contributed by atoms with Crippen molar-refractivity contribution in [2.45, 2.75) is 26.3 Å². The Morgan fingerprint density at radius 2 is 1.64 bits per heavy atom. The Kier molecular flexibility index (Phi) is 7.62. The van der Waals surface area contributed by atoms with Crippen LogP contribution in [0.2, 0.25) is 15.1 Å². The first-order valence-corrected chi connectivity index (χ1v) is 11.5. The molecule has 0 radical (unpaired) electrons. The van der Waals surface area contributed by atoms with Gasteiger partial charge < -0.3 is 5.32 Å². The Morgan fingerprint density at radius 1 is 1.07 bits per heavy atom. The Labute approximate surface area is 180 Å². The molecule has 0 saturated carbocycles. The van der Waals surface area contributed by atoms with E-state index in [2.05, 4.69) is 5.32 Å². The number of anilines is 1. The van der Waals surface area contributed by atoms with Crippen molar-refractivity contribution in [3.05, 3.63) is 62.6 Å². The monoisotopic (exact) mass is 462 g/mol. The van der Waals surface area contributed by atoms with E-state index in [9.17, 15) is 13.2 Å². The van der Waals surface area contributed by atoms with E-state index in [-0.39, 0.29) is 26.8 Å². The lowest BCUT2D eigenvalue weighted by Crippen LogP contribution is -2.41. The third-order valence-corrected chi connectivity index (χ3v) is 6.32. The molecule has 1 amide bonds. The molecule has 2 rings (SSSR count). The van der Waals surface area contributed by atoms with Crippen LogP contribution in [0, 0.1) is 6.92 Å². The number of hydrogen-bond donors (Lipinski definition) is 1. The van der Waals surface area contributed by atoms with E-state index in [1.54, 1.807) is 0 Å². The maximum Gasteiger partial charge on any atom is 0.241 e. The number of amides is 1. The second kappa shape index (κ2) is 9.35. The van der Waals surface area contributed by atoms with Crippen molar-refractivity contribution in [1.29, 1.82) is 0 Å². The summed E-state index contributed by atoms with van der Waals surface area (Å²) in [4.78, 5) is 12.6. The van der Waals surface area contributed by atoms with Gasteiger partial charge in [0.05, 0.1) is 33.1 Å². The first-order chi connectivity index (χ1) is 13.0. The quantitative estimate of drug-likeness (QED) is 0.588. The standard InChI is InChI=1S/C19H21Cl3N2O3S/c1-4-17(13-7-5-12(2)6-8-13)23-19(25)11-24(28(3,26)27)18-10-15(21)14(20)9-16(18)22/h5-10,17H,4,11H2,1-3H3,(H,23,25)/t17-/m1/s1. The first kappa shape index (κ1) is 22.8. The van der Waals surface area contributed by atoms with Gasteiger partial charge in [-0.3, -0.25) is 9.10 Å². The van der Waals surface area contributed by atoms with Gasteiger partial charge in [-0.1, -0.05) is 71.6 Å². The van der Waals surface area contributed by atoms with Crippen LogP contribution < -0.4 is 9.62 Å². The van der Waals surface area contributed by atoms with Gasteiger partial charge in [-0.05, 0) is 31.0 Å². The van der Waals surface area contributed by atoms with Gasteiger partial charge in [0.1, 0.15) is 6.54 Å². The van der Waals surface area contributed by atoms with Crippen LogP contribution in [0.15, 0.2) is 36.4 Å². The summed E-state index contributed by atoms with van der Waals surface area (Å²) in [6.45, 7) is 3.49. The van der Waals surface area contributed by atoms with Crippen molar-refractivity contribution in [3.8, 4) is 0 Å². The van der Waals surface area contributed by atoms with E-state index in [4.69, 9.17) is 34.8 Å². The molecule has 0 aliphatic carbocycles. The van der Waals surface area contributed by atoms with Gasteiger partial charge >= 0.3 is 0 Å². The molecule has 0 aromatic heterocycles. The van der Waals surface area contributed by atoms with E-state index in [1.165, 1.54) is 12.1 Å². The molecule has 1 N–H and O–H groups in total. The van der Waals surface area contributed by atoms with E-state index in [1.807, 2.05) is 38.1 Å². The summed E-state index contributed by atoms with van der Waals surface area (Å²) in [5.74, 6) is -0.458. The number of sulfonamides is 1. The fourth-order valence-corrected chi connectivity index (χ4v) is 4.23. The third-order valence-electron chi connectivity index (χ3n) is 4.17. The highest BCUT2D eigenvalue weighted by molar-refractivity contribution is 7.92. The zero-order valence-corrected chi connectivity index (χ0v) is 18.8. The summed E-state index contributed by atoms with van der Waals surface area (Å²) >= 11 is 18.1. The van der Waals surface area contributed by atoms with Crippen LogP contribution in [0.4, 0.5) is 5.69 Å². The molecular formula is C19H21Cl3N2O3S. The van der Waals surface area contributed by atoms with Crippen molar-refractivity contribution in [2.24, 2.45) is 0 Å². The average Bonchev–Trinajstić information content (AvgIpc) is 2.61. The molecule has 0 aliphatic rings. The molecule has 5 nitrogen and oxygen atoms in total. The molecule has 0 bridgehead atoms. The number of benzene rings is 2. The summed E-state index contributed by atoms with van der Waals surface area (Å²) in [5, 5.41) is 3.29. The molecule has 152 valence electrons.